The Bertz CT molecular complexity index is 466. The average Bonchev–Trinajstić information content (AvgIpc) is 2.18. The number of phenols is 1. The van der Waals surface area contributed by atoms with Gasteiger partial charge in [-0.25, -0.2) is 0 Å². The smallest absolute Gasteiger partial charge is 0.141 e. The number of nitro groups is 1. The molecule has 0 bridgehead atoms. The fourth-order valence-electron chi connectivity index (χ4n) is 1.09. The number of benzene rings is 1. The molecular formula is C9H7CuN2O3. The van der Waals surface area contributed by atoms with Gasteiger partial charge in [0.25, 0.3) is 0 Å². The molecule has 0 amide bonds. The van der Waals surface area contributed by atoms with Gasteiger partial charge in [-0.2, -0.15) is 0 Å². The molecule has 0 fully saturated rings. The van der Waals surface area contributed by atoms with Crippen molar-refractivity contribution in [3.8, 4) is 5.75 Å². The fraction of sp³-hybridized carbons (Fsp3) is 0. The Morgan fingerprint density at radius 2 is 1.93 bits per heavy atom. The van der Waals surface area contributed by atoms with Gasteiger partial charge in [0.05, 0.1) is 0 Å². The predicted octanol–water partition coefficient (Wildman–Crippen LogP) is 1.67. The first-order valence-corrected chi connectivity index (χ1v) is 4.33. The molecule has 0 atom stereocenters. The molecule has 1 heterocycles. The maximum atomic E-state index is 9.31. The Hall–Kier alpha value is -1.65. The summed E-state index contributed by atoms with van der Waals surface area (Å²) in [5, 5.41) is 18.9. The second kappa shape index (κ2) is 5.28. The first-order valence-electron chi connectivity index (χ1n) is 3.90. The van der Waals surface area contributed by atoms with Gasteiger partial charge in [0.15, 0.2) is 0 Å². The van der Waals surface area contributed by atoms with Crippen LogP contribution in [0.2, 0.25) is 0 Å². The van der Waals surface area contributed by atoms with Gasteiger partial charge in [-0.05, 0) is 12.1 Å². The second-order valence-corrected chi connectivity index (χ2v) is 2.88. The number of pyridine rings is 1. The molecule has 1 aromatic carbocycles. The van der Waals surface area contributed by atoms with Gasteiger partial charge >= 0.3 is 30.3 Å². The summed E-state index contributed by atoms with van der Waals surface area (Å²) in [6.45, 7) is 0. The molecule has 2 rings (SSSR count). The van der Waals surface area contributed by atoms with E-state index in [1.807, 2.05) is 18.2 Å². The zero-order valence-electron chi connectivity index (χ0n) is 7.42. The molecule has 0 aliphatic rings. The van der Waals surface area contributed by atoms with Crippen molar-refractivity contribution >= 4 is 10.9 Å². The minimum absolute atomic E-state index is 0.239. The summed E-state index contributed by atoms with van der Waals surface area (Å²) < 4.78 is -0.938. The van der Waals surface area contributed by atoms with Crippen LogP contribution in [-0.4, -0.2) is 14.0 Å². The third-order valence-electron chi connectivity index (χ3n) is 1.61. The van der Waals surface area contributed by atoms with E-state index in [2.05, 4.69) is 21.2 Å². The number of nitrogens with zero attached hydrogens (tertiary/aromatic N) is 2. The van der Waals surface area contributed by atoms with Crippen LogP contribution in [0.3, 0.4) is 0 Å². The molecule has 0 spiro atoms. The summed E-state index contributed by atoms with van der Waals surface area (Å²) in [6, 6.07) is 9.13. The third kappa shape index (κ3) is 3.53. The maximum absolute atomic E-state index is 9.31. The number of hydrogen-bond acceptors (Lipinski definition) is 4. The Morgan fingerprint density at radius 3 is 2.53 bits per heavy atom. The van der Waals surface area contributed by atoms with Crippen molar-refractivity contribution < 1.29 is 25.3 Å². The van der Waals surface area contributed by atoms with Gasteiger partial charge in [0.2, 0.25) is 0 Å². The fourth-order valence-corrected chi connectivity index (χ4v) is 1.09. The SMILES string of the molecule is O=[N+]([O-])[Cu].Oc1cccc2cccnc12. The van der Waals surface area contributed by atoms with Crippen LogP contribution in [0.5, 0.6) is 5.75 Å². The Labute approximate surface area is 93.9 Å². The van der Waals surface area contributed by atoms with E-state index in [0.29, 0.717) is 5.52 Å². The van der Waals surface area contributed by atoms with Crippen LogP contribution in [0.15, 0.2) is 36.5 Å². The van der Waals surface area contributed by atoms with E-state index in [-0.39, 0.29) is 5.75 Å². The minimum atomic E-state index is -0.938. The standard InChI is InChI=1S/C9H7NO.Cu.NO2/c11-8-5-1-3-7-4-2-6-10-9(7)8;;2-1-3/h1-6,11H;;. The number of fused-ring (bicyclic) bond motifs is 1. The molecule has 6 heteroatoms. The Kier molecular flexibility index (Phi) is 4.03. The van der Waals surface area contributed by atoms with Crippen molar-refractivity contribution in [3.63, 3.8) is 0 Å². The molecule has 82 valence electrons. The Morgan fingerprint density at radius 1 is 1.33 bits per heavy atom. The van der Waals surface area contributed by atoms with E-state index >= 15 is 0 Å². The molecule has 0 aliphatic heterocycles. The molecule has 1 N–H and O–H groups in total. The van der Waals surface area contributed by atoms with E-state index in [9.17, 15) is 5.11 Å². The van der Waals surface area contributed by atoms with Gasteiger partial charge in [0, 0.05) is 11.6 Å². The van der Waals surface area contributed by atoms with Gasteiger partial charge in [-0.15, -0.1) is 0 Å². The number of phenolic OH excluding ortho intramolecular Hbond substituents is 1. The molecule has 0 saturated heterocycles. The van der Waals surface area contributed by atoms with Crippen molar-refractivity contribution in [2.24, 2.45) is 0 Å². The number of aromatic nitrogens is 1. The van der Waals surface area contributed by atoms with Crippen LogP contribution in [0, 0.1) is 10.1 Å². The first-order chi connectivity index (χ1) is 7.11. The monoisotopic (exact) mass is 254 g/mol. The van der Waals surface area contributed by atoms with Gasteiger partial charge < -0.3 is 5.11 Å². The normalized spacial score (nSPS) is 9.20. The molecular weight excluding hydrogens is 248 g/mol. The van der Waals surface area contributed by atoms with Crippen LogP contribution in [0.1, 0.15) is 0 Å². The second-order valence-electron chi connectivity index (χ2n) is 2.54. The number of aromatic hydroxyl groups is 1. The van der Waals surface area contributed by atoms with Gasteiger partial charge in [0.1, 0.15) is 11.3 Å². The molecule has 15 heavy (non-hydrogen) atoms. The Balaban J connectivity index is 0.000000245. The number of rotatable bonds is 0. The van der Waals surface area contributed by atoms with Crippen LogP contribution < -0.4 is 0 Å². The van der Waals surface area contributed by atoms with Crippen molar-refractivity contribution in [2.45, 2.75) is 0 Å². The largest absolute Gasteiger partial charge is 0.506 e. The van der Waals surface area contributed by atoms with Crippen LogP contribution >= 0.6 is 0 Å². The molecule has 0 saturated carbocycles. The van der Waals surface area contributed by atoms with Crippen LogP contribution in [-0.2, 0) is 16.2 Å². The van der Waals surface area contributed by atoms with Crippen molar-refractivity contribution in [2.75, 3.05) is 0 Å². The van der Waals surface area contributed by atoms with Gasteiger partial charge in [-0.3, -0.25) is 4.98 Å². The minimum Gasteiger partial charge on any atom is -0.506 e. The van der Waals surface area contributed by atoms with Crippen molar-refractivity contribution in [1.29, 1.82) is 0 Å². The zero-order chi connectivity index (χ0) is 11.3. The van der Waals surface area contributed by atoms with Crippen LogP contribution in [0.4, 0.5) is 0 Å². The third-order valence-corrected chi connectivity index (χ3v) is 1.61. The summed E-state index contributed by atoms with van der Waals surface area (Å²) >= 11 is 3.47. The molecule has 0 radical (unpaired) electrons. The topological polar surface area (TPSA) is 76.3 Å². The quantitative estimate of drug-likeness (QED) is 0.441. The summed E-state index contributed by atoms with van der Waals surface area (Å²) in [5.41, 5.74) is 0.662. The van der Waals surface area contributed by atoms with E-state index < -0.39 is 3.94 Å². The van der Waals surface area contributed by atoms with E-state index in [0.717, 1.165) is 5.39 Å². The van der Waals surface area contributed by atoms with Crippen molar-refractivity contribution in [3.05, 3.63) is 46.6 Å². The summed E-state index contributed by atoms with van der Waals surface area (Å²) in [6.07, 6.45) is 1.67. The number of para-hydroxylation sites is 1. The maximum Gasteiger partial charge on any atom is 0.141 e. The average molecular weight is 255 g/mol. The molecule has 5 nitrogen and oxygen atoms in total. The van der Waals surface area contributed by atoms with E-state index in [1.54, 1.807) is 18.3 Å². The molecule has 2 aromatic rings. The van der Waals surface area contributed by atoms with Gasteiger partial charge in [-0.1, -0.05) is 18.2 Å². The first kappa shape index (κ1) is 11.4. The zero-order valence-corrected chi connectivity index (χ0v) is 8.37. The van der Waals surface area contributed by atoms with E-state index in [1.165, 1.54) is 0 Å². The molecule has 0 aliphatic carbocycles. The molecule has 0 unspecified atom stereocenters. The van der Waals surface area contributed by atoms with Crippen LogP contribution in [0.25, 0.3) is 10.9 Å². The summed E-state index contributed by atoms with van der Waals surface area (Å²) in [7, 11) is 0. The summed E-state index contributed by atoms with van der Waals surface area (Å²) in [5.74, 6) is 0.239. The molecule has 1 aromatic heterocycles. The predicted molar refractivity (Wildman–Crippen MR) is 50.4 cm³/mol. The summed E-state index contributed by atoms with van der Waals surface area (Å²) in [4.78, 5) is 12.6. The van der Waals surface area contributed by atoms with E-state index in [4.69, 9.17) is 10.1 Å². The van der Waals surface area contributed by atoms with Crippen molar-refractivity contribution in [1.82, 2.24) is 4.98 Å². The number of hydrogen-bond donors (Lipinski definition) is 1.